The molecule has 2 nitrogen and oxygen atoms in total. The predicted molar refractivity (Wildman–Crippen MR) is 45.1 cm³/mol. The van der Waals surface area contributed by atoms with Gasteiger partial charge in [-0.15, -0.1) is 4.99 Å². The maximum atomic E-state index is 10.9. The van der Waals surface area contributed by atoms with E-state index >= 15 is 0 Å². The highest BCUT2D eigenvalue weighted by Gasteiger charge is 2.11. The molecule has 0 unspecified atom stereocenters. The van der Waals surface area contributed by atoms with Gasteiger partial charge in [-0.05, 0) is 12.2 Å². The third-order valence-electron chi connectivity index (χ3n) is 1.10. The Balaban J connectivity index is 2.84. The van der Waals surface area contributed by atoms with Gasteiger partial charge >= 0.3 is 5.91 Å². The normalized spacial score (nSPS) is 12.9. The maximum Gasteiger partial charge on any atom is 0.343 e. The molecule has 1 rings (SSSR count). The predicted octanol–water partition coefficient (Wildman–Crippen LogP) is 1.47. The van der Waals surface area contributed by atoms with Crippen molar-refractivity contribution in [3.8, 4) is 0 Å². The lowest BCUT2D eigenvalue weighted by atomic mass is 10.1. The minimum atomic E-state index is -0.378. The van der Waals surface area contributed by atoms with Gasteiger partial charge in [0, 0.05) is 12.2 Å². The SMILES string of the molecule is O=C(N=C=S)C1=CC=C[C+]=C1. The molecule has 52 valence electrons. The van der Waals surface area contributed by atoms with Crippen LogP contribution < -0.4 is 0 Å². The topological polar surface area (TPSA) is 29.4 Å². The summed E-state index contributed by atoms with van der Waals surface area (Å²) in [6.07, 6.45) is 9.38. The molecule has 3 heteroatoms. The molecule has 0 heterocycles. The molecule has 1 aliphatic carbocycles. The molecular formula is C8H4NOS+. The summed E-state index contributed by atoms with van der Waals surface area (Å²) < 4.78 is 0. The number of carbonyl (C=O) groups excluding carboxylic acids is 1. The smallest absolute Gasteiger partial charge is 0.249 e. The van der Waals surface area contributed by atoms with E-state index in [0.717, 1.165) is 0 Å². The molecule has 11 heavy (non-hydrogen) atoms. The van der Waals surface area contributed by atoms with Crippen molar-refractivity contribution in [3.63, 3.8) is 0 Å². The number of aliphatic imine (C=N–C) groups is 1. The van der Waals surface area contributed by atoms with Crippen molar-refractivity contribution in [2.45, 2.75) is 0 Å². The second-order valence-corrected chi connectivity index (χ2v) is 1.98. The van der Waals surface area contributed by atoms with E-state index in [9.17, 15) is 4.79 Å². The second kappa shape index (κ2) is 3.69. The molecule has 1 aliphatic rings. The van der Waals surface area contributed by atoms with Gasteiger partial charge in [0.05, 0.1) is 11.2 Å². The Morgan fingerprint density at radius 2 is 2.55 bits per heavy atom. The van der Waals surface area contributed by atoms with Crippen LogP contribution in [0.4, 0.5) is 0 Å². The summed E-state index contributed by atoms with van der Waals surface area (Å²) in [6.45, 7) is 0. The van der Waals surface area contributed by atoms with E-state index in [1.165, 1.54) is 0 Å². The van der Waals surface area contributed by atoms with Crippen LogP contribution in [0.25, 0.3) is 0 Å². The molecule has 0 spiro atoms. The number of nitrogens with zero attached hydrogens (tertiary/aromatic N) is 1. The molecule has 0 aromatic heterocycles. The van der Waals surface area contributed by atoms with Gasteiger partial charge in [-0.3, -0.25) is 0 Å². The van der Waals surface area contributed by atoms with Gasteiger partial charge in [-0.2, -0.15) is 0 Å². The van der Waals surface area contributed by atoms with Gasteiger partial charge in [0.25, 0.3) is 0 Å². The van der Waals surface area contributed by atoms with Crippen molar-refractivity contribution < 1.29 is 4.79 Å². The summed E-state index contributed by atoms with van der Waals surface area (Å²) in [7, 11) is 0. The minimum absolute atomic E-state index is 0.378. The van der Waals surface area contributed by atoms with Gasteiger partial charge in [0.2, 0.25) is 0 Å². The van der Waals surface area contributed by atoms with Crippen LogP contribution in [0.15, 0.2) is 34.9 Å². The zero-order valence-corrected chi connectivity index (χ0v) is 6.39. The first kappa shape index (κ1) is 7.70. The Morgan fingerprint density at radius 3 is 3.09 bits per heavy atom. The van der Waals surface area contributed by atoms with Gasteiger partial charge in [-0.25, -0.2) is 4.79 Å². The monoisotopic (exact) mass is 162 g/mol. The molecule has 0 N–H and O–H groups in total. The highest BCUT2D eigenvalue weighted by Crippen LogP contribution is 2.04. The quantitative estimate of drug-likeness (QED) is 0.332. The number of hydrogen-bond acceptors (Lipinski definition) is 2. The van der Waals surface area contributed by atoms with Crippen LogP contribution in [-0.4, -0.2) is 11.1 Å². The van der Waals surface area contributed by atoms with E-state index in [0.29, 0.717) is 5.57 Å². The Kier molecular flexibility index (Phi) is 2.59. The minimum Gasteiger partial charge on any atom is -0.249 e. The Hall–Kier alpha value is -1.40. The summed E-state index contributed by atoms with van der Waals surface area (Å²) in [6, 6.07) is 0. The summed E-state index contributed by atoms with van der Waals surface area (Å²) in [5.74, 6) is -0.378. The van der Waals surface area contributed by atoms with Crippen LogP contribution in [0.3, 0.4) is 0 Å². The van der Waals surface area contributed by atoms with E-state index < -0.39 is 0 Å². The highest BCUT2D eigenvalue weighted by molar-refractivity contribution is 7.78. The molecule has 0 saturated heterocycles. The van der Waals surface area contributed by atoms with Gasteiger partial charge in [0.15, 0.2) is 5.57 Å². The fourth-order valence-corrected chi connectivity index (χ4v) is 0.715. The summed E-state index contributed by atoms with van der Waals surface area (Å²) in [5.41, 5.74) is 0.477. The van der Waals surface area contributed by atoms with E-state index in [4.69, 9.17) is 0 Å². The number of isothiocyanates is 1. The van der Waals surface area contributed by atoms with E-state index in [1.54, 1.807) is 24.3 Å². The molecular weight excluding hydrogens is 158 g/mol. The van der Waals surface area contributed by atoms with Gasteiger partial charge < -0.3 is 0 Å². The molecule has 0 fully saturated rings. The van der Waals surface area contributed by atoms with Crippen molar-refractivity contribution in [2.75, 3.05) is 0 Å². The Morgan fingerprint density at radius 1 is 1.73 bits per heavy atom. The number of thiocarbonyl (C=S) groups is 1. The molecule has 0 radical (unpaired) electrons. The lowest BCUT2D eigenvalue weighted by molar-refractivity contribution is -0.114. The van der Waals surface area contributed by atoms with Crippen molar-refractivity contribution in [3.05, 3.63) is 36.0 Å². The van der Waals surface area contributed by atoms with Crippen LogP contribution in [-0.2, 0) is 4.79 Å². The highest BCUT2D eigenvalue weighted by atomic mass is 32.1. The maximum absolute atomic E-state index is 10.9. The molecule has 0 bridgehead atoms. The molecule has 1 amide bonds. The lowest BCUT2D eigenvalue weighted by Gasteiger charge is -1.84. The largest absolute Gasteiger partial charge is 0.343 e. The number of carbonyl (C=O) groups is 1. The number of rotatable bonds is 1. The standard InChI is InChI=1S/C8H4NOS/c10-8(9-6-11)7-4-2-1-3-5-7/h1-2,4-5H/q+1. The van der Waals surface area contributed by atoms with Crippen molar-refractivity contribution in [1.82, 2.24) is 0 Å². The number of amides is 1. The fourth-order valence-electron chi connectivity index (χ4n) is 0.632. The zero-order chi connectivity index (χ0) is 8.10. The molecule has 0 atom stereocenters. The van der Waals surface area contributed by atoms with E-state index in [1.807, 2.05) is 5.16 Å². The molecule has 0 aromatic carbocycles. The molecule has 0 aliphatic heterocycles. The van der Waals surface area contributed by atoms with Crippen molar-refractivity contribution in [2.24, 2.45) is 4.99 Å². The van der Waals surface area contributed by atoms with Gasteiger partial charge in [0.1, 0.15) is 12.2 Å². The fraction of sp³-hybridized carbons (Fsp3) is 0. The summed E-state index contributed by atoms with van der Waals surface area (Å²) in [4.78, 5) is 14.2. The molecule has 0 aromatic rings. The van der Waals surface area contributed by atoms with Crippen LogP contribution in [0.1, 0.15) is 0 Å². The van der Waals surface area contributed by atoms with E-state index in [2.05, 4.69) is 23.3 Å². The number of hydrogen-bond donors (Lipinski definition) is 0. The number of allylic oxidation sites excluding steroid dienone is 4. The van der Waals surface area contributed by atoms with Gasteiger partial charge in [-0.1, -0.05) is 0 Å². The lowest BCUT2D eigenvalue weighted by Crippen LogP contribution is -1.95. The van der Waals surface area contributed by atoms with Crippen LogP contribution >= 0.6 is 12.2 Å². The zero-order valence-electron chi connectivity index (χ0n) is 5.57. The van der Waals surface area contributed by atoms with Crippen molar-refractivity contribution in [1.29, 1.82) is 0 Å². The van der Waals surface area contributed by atoms with Crippen LogP contribution in [0, 0.1) is 6.08 Å². The average Bonchev–Trinajstić information content (AvgIpc) is 2.07. The first-order valence-corrected chi connectivity index (χ1v) is 3.34. The van der Waals surface area contributed by atoms with Crippen LogP contribution in [0.5, 0.6) is 0 Å². The summed E-state index contributed by atoms with van der Waals surface area (Å²) >= 11 is 4.28. The summed E-state index contributed by atoms with van der Waals surface area (Å²) in [5, 5.41) is 2.01. The van der Waals surface area contributed by atoms with Crippen LogP contribution in [0.2, 0.25) is 0 Å². The third-order valence-corrected chi connectivity index (χ3v) is 1.19. The Labute approximate surface area is 69.6 Å². The van der Waals surface area contributed by atoms with Crippen molar-refractivity contribution >= 4 is 23.3 Å². The first-order valence-electron chi connectivity index (χ1n) is 2.93. The first-order chi connectivity index (χ1) is 5.34. The Bertz CT molecular complexity index is 306. The molecule has 0 saturated carbocycles. The second-order valence-electron chi connectivity index (χ2n) is 1.80. The third kappa shape index (κ3) is 2.03. The van der Waals surface area contributed by atoms with E-state index in [-0.39, 0.29) is 5.91 Å². The average molecular weight is 162 g/mol.